The van der Waals surface area contributed by atoms with Crippen LogP contribution in [0.5, 0.6) is 0 Å². The van der Waals surface area contributed by atoms with E-state index in [9.17, 15) is 4.79 Å². The first-order valence-electron chi connectivity index (χ1n) is 6.14. The predicted molar refractivity (Wildman–Crippen MR) is 71.5 cm³/mol. The summed E-state index contributed by atoms with van der Waals surface area (Å²) in [5.41, 5.74) is 7.57. The minimum absolute atomic E-state index is 0.0316. The van der Waals surface area contributed by atoms with E-state index in [1.54, 1.807) is 0 Å². The molecular weight excluding hydrogens is 212 g/mol. The molecule has 3 nitrogen and oxygen atoms in total. The third-order valence-electron chi connectivity index (χ3n) is 2.79. The second-order valence-corrected chi connectivity index (χ2v) is 4.85. The number of nitrogen functional groups attached to an aromatic ring is 1. The maximum absolute atomic E-state index is 11.7. The number of amides is 1. The zero-order valence-electron chi connectivity index (χ0n) is 10.9. The third kappa shape index (κ3) is 4.47. The highest BCUT2D eigenvalue weighted by molar-refractivity contribution is 5.76. The fourth-order valence-corrected chi connectivity index (χ4v) is 1.72. The summed E-state index contributed by atoms with van der Waals surface area (Å²) in [6, 6.07) is 7.60. The number of benzene rings is 1. The molecule has 0 fully saturated rings. The Morgan fingerprint density at radius 3 is 2.53 bits per heavy atom. The van der Waals surface area contributed by atoms with E-state index < -0.39 is 0 Å². The van der Waals surface area contributed by atoms with Gasteiger partial charge in [-0.25, -0.2) is 0 Å². The molecule has 0 aliphatic rings. The molecule has 3 N–H and O–H groups in total. The van der Waals surface area contributed by atoms with E-state index in [0.29, 0.717) is 12.3 Å². The van der Waals surface area contributed by atoms with Crippen LogP contribution in [0.4, 0.5) is 5.69 Å². The van der Waals surface area contributed by atoms with Crippen LogP contribution < -0.4 is 11.1 Å². The Bertz CT molecular complexity index is 374. The fraction of sp³-hybridized carbons (Fsp3) is 0.500. The lowest BCUT2D eigenvalue weighted by atomic mass is 10.0. The first-order valence-corrected chi connectivity index (χ1v) is 6.14. The fourth-order valence-electron chi connectivity index (χ4n) is 1.72. The first kappa shape index (κ1) is 13.6. The Morgan fingerprint density at radius 1 is 1.29 bits per heavy atom. The zero-order valence-corrected chi connectivity index (χ0v) is 10.9. The zero-order chi connectivity index (χ0) is 12.8. The molecule has 0 aromatic heterocycles. The molecule has 1 rings (SSSR count). The van der Waals surface area contributed by atoms with Gasteiger partial charge in [0.15, 0.2) is 0 Å². The summed E-state index contributed by atoms with van der Waals surface area (Å²) in [6.07, 6.45) is 1.50. The topological polar surface area (TPSA) is 55.1 Å². The van der Waals surface area contributed by atoms with E-state index in [-0.39, 0.29) is 11.9 Å². The summed E-state index contributed by atoms with van der Waals surface area (Å²) in [4.78, 5) is 11.7. The average molecular weight is 234 g/mol. The van der Waals surface area contributed by atoms with Gasteiger partial charge >= 0.3 is 0 Å². The lowest BCUT2D eigenvalue weighted by Crippen LogP contribution is -2.27. The largest absolute Gasteiger partial charge is 0.398 e. The van der Waals surface area contributed by atoms with Crippen LogP contribution in [0.3, 0.4) is 0 Å². The Hall–Kier alpha value is -1.51. The molecule has 1 amide bonds. The Labute approximate surface area is 103 Å². The highest BCUT2D eigenvalue weighted by Gasteiger charge is 2.11. The van der Waals surface area contributed by atoms with Crippen molar-refractivity contribution >= 4 is 11.6 Å². The van der Waals surface area contributed by atoms with Crippen LogP contribution in [0.2, 0.25) is 0 Å². The van der Waals surface area contributed by atoms with Gasteiger partial charge in [-0.1, -0.05) is 32.0 Å². The summed E-state index contributed by atoms with van der Waals surface area (Å²) in [6.45, 7) is 6.19. The van der Waals surface area contributed by atoms with Gasteiger partial charge in [0.25, 0.3) is 0 Å². The summed E-state index contributed by atoms with van der Waals surface area (Å²) in [7, 11) is 0. The molecule has 0 saturated carbocycles. The van der Waals surface area contributed by atoms with E-state index in [1.807, 2.05) is 31.2 Å². The monoisotopic (exact) mass is 234 g/mol. The summed E-state index contributed by atoms with van der Waals surface area (Å²) in [5, 5.41) is 2.97. The van der Waals surface area contributed by atoms with Crippen LogP contribution in [-0.4, -0.2) is 5.91 Å². The van der Waals surface area contributed by atoms with Crippen molar-refractivity contribution in [1.29, 1.82) is 0 Å². The number of carbonyl (C=O) groups excluding carboxylic acids is 1. The lowest BCUT2D eigenvalue weighted by molar-refractivity contribution is -0.122. The molecule has 0 radical (unpaired) electrons. The molecule has 0 saturated heterocycles. The van der Waals surface area contributed by atoms with E-state index in [4.69, 9.17) is 5.73 Å². The molecule has 3 heteroatoms. The van der Waals surface area contributed by atoms with Crippen molar-refractivity contribution < 1.29 is 4.79 Å². The molecule has 0 bridgehead atoms. The van der Waals surface area contributed by atoms with Crippen LogP contribution in [-0.2, 0) is 4.79 Å². The van der Waals surface area contributed by atoms with Gasteiger partial charge in [-0.15, -0.1) is 0 Å². The van der Waals surface area contributed by atoms with Crippen molar-refractivity contribution in [3.63, 3.8) is 0 Å². The average Bonchev–Trinajstić information content (AvgIpc) is 2.26. The molecule has 1 unspecified atom stereocenters. The Morgan fingerprint density at radius 2 is 1.94 bits per heavy atom. The van der Waals surface area contributed by atoms with E-state index in [2.05, 4.69) is 19.2 Å². The number of carbonyl (C=O) groups is 1. The number of para-hydroxylation sites is 1. The number of rotatable bonds is 5. The highest BCUT2D eigenvalue weighted by Crippen LogP contribution is 2.19. The van der Waals surface area contributed by atoms with E-state index in [1.165, 1.54) is 0 Å². The summed E-state index contributed by atoms with van der Waals surface area (Å²) >= 11 is 0. The molecule has 1 aromatic rings. The van der Waals surface area contributed by atoms with E-state index >= 15 is 0 Å². The highest BCUT2D eigenvalue weighted by atomic mass is 16.1. The van der Waals surface area contributed by atoms with Crippen LogP contribution in [0.15, 0.2) is 24.3 Å². The second kappa shape index (κ2) is 6.28. The predicted octanol–water partition coefficient (Wildman–Crippen LogP) is 2.88. The van der Waals surface area contributed by atoms with Gasteiger partial charge in [-0.2, -0.15) is 0 Å². The molecular formula is C14H22N2O. The number of nitrogens with two attached hydrogens (primary N) is 1. The molecule has 0 aliphatic carbocycles. The van der Waals surface area contributed by atoms with Gasteiger partial charge < -0.3 is 11.1 Å². The minimum Gasteiger partial charge on any atom is -0.398 e. The molecule has 17 heavy (non-hydrogen) atoms. The van der Waals surface area contributed by atoms with Crippen molar-refractivity contribution in [3.05, 3.63) is 29.8 Å². The van der Waals surface area contributed by atoms with Gasteiger partial charge in [0.05, 0.1) is 6.04 Å². The van der Waals surface area contributed by atoms with Crippen molar-refractivity contribution in [3.8, 4) is 0 Å². The summed E-state index contributed by atoms with van der Waals surface area (Å²) < 4.78 is 0. The Balaban J connectivity index is 2.52. The van der Waals surface area contributed by atoms with Crippen molar-refractivity contribution in [2.24, 2.45) is 5.92 Å². The van der Waals surface area contributed by atoms with Crippen molar-refractivity contribution in [2.45, 2.75) is 39.7 Å². The maximum atomic E-state index is 11.7. The molecule has 0 heterocycles. The van der Waals surface area contributed by atoms with Crippen molar-refractivity contribution in [1.82, 2.24) is 5.32 Å². The van der Waals surface area contributed by atoms with Gasteiger partial charge in [0.1, 0.15) is 0 Å². The second-order valence-electron chi connectivity index (χ2n) is 4.85. The van der Waals surface area contributed by atoms with E-state index in [0.717, 1.165) is 17.7 Å². The van der Waals surface area contributed by atoms with Gasteiger partial charge in [0, 0.05) is 12.1 Å². The molecule has 0 aliphatic heterocycles. The minimum atomic E-state index is -0.0316. The number of hydrogen-bond acceptors (Lipinski definition) is 2. The van der Waals surface area contributed by atoms with Crippen LogP contribution in [0, 0.1) is 5.92 Å². The number of anilines is 1. The van der Waals surface area contributed by atoms with Crippen LogP contribution >= 0.6 is 0 Å². The van der Waals surface area contributed by atoms with Gasteiger partial charge in [-0.3, -0.25) is 4.79 Å². The lowest BCUT2D eigenvalue weighted by Gasteiger charge is -2.16. The smallest absolute Gasteiger partial charge is 0.220 e. The van der Waals surface area contributed by atoms with Crippen LogP contribution in [0.1, 0.15) is 45.2 Å². The SMILES string of the molecule is CC(C)CCC(=O)NC(C)c1ccccc1N. The van der Waals surface area contributed by atoms with Crippen molar-refractivity contribution in [2.75, 3.05) is 5.73 Å². The summed E-state index contributed by atoms with van der Waals surface area (Å²) in [5.74, 6) is 0.646. The van der Waals surface area contributed by atoms with Gasteiger partial charge in [-0.05, 0) is 30.9 Å². The van der Waals surface area contributed by atoms with Gasteiger partial charge in [0.2, 0.25) is 5.91 Å². The molecule has 1 aromatic carbocycles. The maximum Gasteiger partial charge on any atom is 0.220 e. The first-order chi connectivity index (χ1) is 8.00. The Kier molecular flexibility index (Phi) is 5.01. The normalized spacial score (nSPS) is 12.5. The molecule has 0 spiro atoms. The molecule has 94 valence electrons. The van der Waals surface area contributed by atoms with Crippen LogP contribution in [0.25, 0.3) is 0 Å². The third-order valence-corrected chi connectivity index (χ3v) is 2.79. The molecule has 1 atom stereocenters. The number of nitrogens with one attached hydrogen (secondary N) is 1. The number of hydrogen-bond donors (Lipinski definition) is 2. The quantitative estimate of drug-likeness (QED) is 0.770. The standard InChI is InChI=1S/C14H22N2O/c1-10(2)8-9-14(17)16-11(3)12-6-4-5-7-13(12)15/h4-7,10-11H,8-9,15H2,1-3H3,(H,16,17).